The van der Waals surface area contributed by atoms with Gasteiger partial charge in [0, 0.05) is 11.1 Å². The van der Waals surface area contributed by atoms with E-state index in [9.17, 15) is 10.2 Å². The topological polar surface area (TPSA) is 40.5 Å². The third-order valence-electron chi connectivity index (χ3n) is 8.77. The van der Waals surface area contributed by atoms with Crippen molar-refractivity contribution < 1.29 is 10.2 Å². The van der Waals surface area contributed by atoms with Gasteiger partial charge in [0.15, 0.2) is 0 Å². The van der Waals surface area contributed by atoms with Gasteiger partial charge in [0.2, 0.25) is 0 Å². The molecule has 180 valence electrons. The lowest BCUT2D eigenvalue weighted by molar-refractivity contribution is 0.307. The van der Waals surface area contributed by atoms with Crippen molar-refractivity contribution in [2.45, 2.75) is 122 Å². The molecule has 2 aliphatic rings. The van der Waals surface area contributed by atoms with Crippen molar-refractivity contribution in [1.29, 1.82) is 0 Å². The summed E-state index contributed by atoms with van der Waals surface area (Å²) in [5.74, 6) is 1.04. The zero-order valence-corrected chi connectivity index (χ0v) is 21.4. The second-order valence-corrected chi connectivity index (χ2v) is 11.7. The van der Waals surface area contributed by atoms with E-state index in [0.717, 1.165) is 41.5 Å². The highest BCUT2D eigenvalue weighted by atomic mass is 16.3. The summed E-state index contributed by atoms with van der Waals surface area (Å²) in [6, 6.07) is 8.76. The number of aryl methyl sites for hydroxylation is 4. The Hall–Kier alpha value is -1.96. The highest BCUT2D eigenvalue weighted by molar-refractivity contribution is 5.49. The van der Waals surface area contributed by atoms with Crippen LogP contribution in [0.15, 0.2) is 24.3 Å². The number of benzene rings is 2. The molecule has 2 aromatic rings. The smallest absolute Gasteiger partial charge is 0.122 e. The summed E-state index contributed by atoms with van der Waals surface area (Å²) < 4.78 is 0. The Kier molecular flexibility index (Phi) is 7.12. The van der Waals surface area contributed by atoms with Gasteiger partial charge in [0.05, 0.1) is 0 Å². The molecular formula is C31H44O2. The zero-order chi connectivity index (χ0) is 23.6. The molecule has 2 N–H and O–H groups in total. The maximum Gasteiger partial charge on any atom is 0.122 e. The highest BCUT2D eigenvalue weighted by Crippen LogP contribution is 2.46. The summed E-state index contributed by atoms with van der Waals surface area (Å²) >= 11 is 0. The van der Waals surface area contributed by atoms with Crippen LogP contribution in [0.4, 0.5) is 0 Å². The van der Waals surface area contributed by atoms with Gasteiger partial charge >= 0.3 is 0 Å². The molecule has 0 aromatic heterocycles. The van der Waals surface area contributed by atoms with E-state index in [4.69, 9.17) is 0 Å². The van der Waals surface area contributed by atoms with Gasteiger partial charge in [-0.05, 0) is 80.8 Å². The monoisotopic (exact) mass is 448 g/mol. The van der Waals surface area contributed by atoms with Crippen LogP contribution in [0, 0.1) is 13.8 Å². The van der Waals surface area contributed by atoms with Crippen molar-refractivity contribution in [3.8, 4) is 11.5 Å². The molecule has 0 saturated heterocycles. The molecule has 0 heterocycles. The van der Waals surface area contributed by atoms with Crippen molar-refractivity contribution in [1.82, 2.24) is 0 Å². The van der Waals surface area contributed by atoms with E-state index < -0.39 is 0 Å². The van der Waals surface area contributed by atoms with Crippen LogP contribution in [-0.2, 0) is 23.7 Å². The van der Waals surface area contributed by atoms with Crippen molar-refractivity contribution in [2.75, 3.05) is 0 Å². The second-order valence-electron chi connectivity index (χ2n) is 11.7. The SMILES string of the molecule is Cc1cc(CCCc2cc(C)cc(C3(C)CCCCC3)c2O)c(O)c(C2(C)CCCCC2)c1. The fraction of sp³-hybridized carbons (Fsp3) is 0.613. The van der Waals surface area contributed by atoms with Crippen LogP contribution >= 0.6 is 0 Å². The van der Waals surface area contributed by atoms with Gasteiger partial charge in [-0.1, -0.05) is 87.8 Å². The van der Waals surface area contributed by atoms with E-state index >= 15 is 0 Å². The Morgan fingerprint density at radius 2 is 0.970 bits per heavy atom. The summed E-state index contributed by atoms with van der Waals surface area (Å²) in [4.78, 5) is 0. The molecule has 2 aliphatic carbocycles. The summed E-state index contributed by atoms with van der Waals surface area (Å²) in [6.07, 6.45) is 15.0. The molecule has 2 aromatic carbocycles. The fourth-order valence-electron chi connectivity index (χ4n) is 6.68. The highest BCUT2D eigenvalue weighted by Gasteiger charge is 2.33. The minimum atomic E-state index is 0.0995. The van der Waals surface area contributed by atoms with Crippen molar-refractivity contribution in [2.24, 2.45) is 0 Å². The first-order valence-electron chi connectivity index (χ1n) is 13.4. The van der Waals surface area contributed by atoms with Gasteiger partial charge in [-0.15, -0.1) is 0 Å². The van der Waals surface area contributed by atoms with E-state index in [1.165, 1.54) is 75.3 Å². The lowest BCUT2D eigenvalue weighted by atomic mass is 9.69. The first kappa shape index (κ1) is 24.2. The van der Waals surface area contributed by atoms with Crippen LogP contribution in [0.1, 0.15) is 118 Å². The van der Waals surface area contributed by atoms with Crippen LogP contribution in [-0.4, -0.2) is 10.2 Å². The van der Waals surface area contributed by atoms with Crippen molar-refractivity contribution >= 4 is 0 Å². The molecule has 0 radical (unpaired) electrons. The Morgan fingerprint density at radius 3 is 1.33 bits per heavy atom. The fourth-order valence-corrected chi connectivity index (χ4v) is 6.68. The molecule has 0 atom stereocenters. The minimum absolute atomic E-state index is 0.0995. The molecule has 0 spiro atoms. The van der Waals surface area contributed by atoms with Crippen LogP contribution < -0.4 is 0 Å². The van der Waals surface area contributed by atoms with E-state index in [1.54, 1.807) is 0 Å². The molecular weight excluding hydrogens is 404 g/mol. The number of hydrogen-bond acceptors (Lipinski definition) is 2. The molecule has 2 nitrogen and oxygen atoms in total. The normalized spacial score (nSPS) is 20.0. The number of hydrogen-bond donors (Lipinski definition) is 2. The van der Waals surface area contributed by atoms with Crippen molar-refractivity contribution in [3.63, 3.8) is 0 Å². The van der Waals surface area contributed by atoms with E-state index in [2.05, 4.69) is 52.0 Å². The van der Waals surface area contributed by atoms with Crippen LogP contribution in [0.2, 0.25) is 0 Å². The van der Waals surface area contributed by atoms with Gasteiger partial charge in [-0.2, -0.15) is 0 Å². The lowest BCUT2D eigenvalue weighted by Gasteiger charge is -2.35. The zero-order valence-electron chi connectivity index (χ0n) is 21.4. The largest absolute Gasteiger partial charge is 0.507 e. The van der Waals surface area contributed by atoms with Gasteiger partial charge in [0.1, 0.15) is 11.5 Å². The van der Waals surface area contributed by atoms with Gasteiger partial charge in [-0.3, -0.25) is 0 Å². The van der Waals surface area contributed by atoms with Gasteiger partial charge in [0.25, 0.3) is 0 Å². The predicted molar refractivity (Wildman–Crippen MR) is 139 cm³/mol. The van der Waals surface area contributed by atoms with Crippen LogP contribution in [0.3, 0.4) is 0 Å². The Balaban J connectivity index is 1.52. The van der Waals surface area contributed by atoms with Gasteiger partial charge in [-0.25, -0.2) is 0 Å². The second kappa shape index (κ2) is 9.72. The average Bonchev–Trinajstić information content (AvgIpc) is 2.78. The van der Waals surface area contributed by atoms with Crippen molar-refractivity contribution in [3.05, 3.63) is 57.6 Å². The maximum atomic E-state index is 11.2. The molecule has 33 heavy (non-hydrogen) atoms. The number of rotatable bonds is 6. The first-order chi connectivity index (χ1) is 15.7. The molecule has 0 aliphatic heterocycles. The van der Waals surface area contributed by atoms with E-state index in [0.29, 0.717) is 11.5 Å². The Labute approximate surface area is 201 Å². The number of phenols is 2. The molecule has 0 amide bonds. The summed E-state index contributed by atoms with van der Waals surface area (Å²) in [5, 5.41) is 22.5. The number of aromatic hydroxyl groups is 2. The molecule has 2 heteroatoms. The third kappa shape index (κ3) is 5.10. The van der Waals surface area contributed by atoms with Gasteiger partial charge < -0.3 is 10.2 Å². The van der Waals surface area contributed by atoms with Crippen LogP contribution in [0.25, 0.3) is 0 Å². The maximum absolute atomic E-state index is 11.2. The average molecular weight is 449 g/mol. The lowest BCUT2D eigenvalue weighted by Crippen LogP contribution is -2.25. The Bertz CT molecular complexity index is 895. The molecule has 2 fully saturated rings. The minimum Gasteiger partial charge on any atom is -0.507 e. The summed E-state index contributed by atoms with van der Waals surface area (Å²) in [7, 11) is 0. The third-order valence-corrected chi connectivity index (χ3v) is 8.77. The first-order valence-corrected chi connectivity index (χ1v) is 13.4. The molecule has 4 rings (SSSR count). The standard InChI is InChI=1S/C31H44O2/c1-22-18-24(28(32)26(20-22)30(3)14-7-5-8-15-30)12-11-13-25-19-23(2)21-27(29(25)33)31(4)16-9-6-10-17-31/h18-21,32-33H,5-17H2,1-4H3. The Morgan fingerprint density at radius 1 is 0.606 bits per heavy atom. The van der Waals surface area contributed by atoms with E-state index in [-0.39, 0.29) is 10.8 Å². The molecule has 0 unspecified atom stereocenters. The van der Waals surface area contributed by atoms with E-state index in [1.807, 2.05) is 0 Å². The quantitative estimate of drug-likeness (QED) is 0.466. The summed E-state index contributed by atoms with van der Waals surface area (Å²) in [5.41, 5.74) is 7.15. The number of phenolic OH excluding ortho intramolecular Hbond substituents is 2. The summed E-state index contributed by atoms with van der Waals surface area (Å²) in [6.45, 7) is 8.98. The molecule has 0 bridgehead atoms. The predicted octanol–water partition coefficient (Wildman–Crippen LogP) is 8.33. The van der Waals surface area contributed by atoms with Crippen LogP contribution in [0.5, 0.6) is 11.5 Å². The molecule has 2 saturated carbocycles.